The quantitative estimate of drug-likeness (QED) is 0.312. The van der Waals surface area contributed by atoms with Gasteiger partial charge in [-0.1, -0.05) is 0 Å². The van der Waals surface area contributed by atoms with Crippen LogP contribution in [-0.2, 0) is 16.0 Å². The van der Waals surface area contributed by atoms with Crippen LogP contribution < -0.4 is 10.6 Å². The Labute approximate surface area is 143 Å². The van der Waals surface area contributed by atoms with E-state index in [1.807, 2.05) is 0 Å². The van der Waals surface area contributed by atoms with Crippen molar-refractivity contribution in [2.75, 3.05) is 17.2 Å². The molecule has 1 aliphatic heterocycles. The Morgan fingerprint density at radius 1 is 1.24 bits per heavy atom. The summed E-state index contributed by atoms with van der Waals surface area (Å²) in [5.41, 5.74) is 2.79. The van der Waals surface area contributed by atoms with Crippen LogP contribution >= 0.6 is 0 Å². The van der Waals surface area contributed by atoms with E-state index in [9.17, 15) is 24.9 Å². The van der Waals surface area contributed by atoms with Gasteiger partial charge in [0.25, 0.3) is 5.91 Å². The molecule has 1 unspecified atom stereocenters. The zero-order valence-electron chi connectivity index (χ0n) is 13.9. The number of hydrogen-bond acceptors (Lipinski definition) is 7. The summed E-state index contributed by atoms with van der Waals surface area (Å²) in [6, 6.07) is 0.209. The van der Waals surface area contributed by atoms with E-state index in [4.69, 9.17) is 10.2 Å². The third-order valence-electron chi connectivity index (χ3n) is 4.42. The fraction of sp³-hybridized carbons (Fsp3) is 0.500. The van der Waals surface area contributed by atoms with Gasteiger partial charge in [-0.2, -0.15) is 0 Å². The minimum Gasteiger partial charge on any atom is -0.479 e. The van der Waals surface area contributed by atoms with Crippen LogP contribution in [0.3, 0.4) is 0 Å². The topological polar surface area (TPSA) is 159 Å². The second-order valence-corrected chi connectivity index (χ2v) is 6.14. The second kappa shape index (κ2) is 7.36. The van der Waals surface area contributed by atoms with Crippen molar-refractivity contribution >= 4 is 23.3 Å². The van der Waals surface area contributed by atoms with Crippen molar-refractivity contribution in [3.05, 3.63) is 22.8 Å². The largest absolute Gasteiger partial charge is 0.479 e. The van der Waals surface area contributed by atoms with Gasteiger partial charge in [-0.05, 0) is 36.6 Å². The van der Waals surface area contributed by atoms with Crippen molar-refractivity contribution in [3.63, 3.8) is 0 Å². The lowest BCUT2D eigenvalue weighted by atomic mass is 9.91. The van der Waals surface area contributed by atoms with Crippen molar-refractivity contribution in [1.82, 2.24) is 0 Å². The fourth-order valence-corrected chi connectivity index (χ4v) is 2.79. The minimum atomic E-state index is -1.57. The normalized spacial score (nSPS) is 20.1. The Balaban J connectivity index is 2.41. The average molecular weight is 354 g/mol. The SMILES string of the molecule is Cc1cc2c(c(C[C@H](O)[C@H](O)[C@H](O)CO)c1C)NC(C(=O)O)C(=O)N2. The Bertz CT molecular complexity index is 692. The van der Waals surface area contributed by atoms with Gasteiger partial charge in [-0.25, -0.2) is 4.79 Å². The molecular formula is C16H22N2O7. The lowest BCUT2D eigenvalue weighted by molar-refractivity contribution is -0.140. The Hall–Kier alpha value is -2.20. The van der Waals surface area contributed by atoms with Crippen molar-refractivity contribution in [3.8, 4) is 0 Å². The molecule has 2 rings (SSSR count). The Kier molecular flexibility index (Phi) is 5.63. The highest BCUT2D eigenvalue weighted by Crippen LogP contribution is 2.36. The number of fused-ring (bicyclic) bond motifs is 1. The third-order valence-corrected chi connectivity index (χ3v) is 4.42. The number of carboxylic acid groups (broad SMARTS) is 1. The van der Waals surface area contributed by atoms with Crippen molar-refractivity contribution in [2.45, 2.75) is 44.6 Å². The molecule has 7 N–H and O–H groups in total. The van der Waals surface area contributed by atoms with E-state index in [0.29, 0.717) is 16.9 Å². The number of benzene rings is 1. The zero-order valence-corrected chi connectivity index (χ0v) is 13.9. The second-order valence-electron chi connectivity index (χ2n) is 6.14. The number of nitrogens with one attached hydrogen (secondary N) is 2. The van der Waals surface area contributed by atoms with Gasteiger partial charge in [-0.3, -0.25) is 4.79 Å². The monoisotopic (exact) mass is 354 g/mol. The summed E-state index contributed by atoms with van der Waals surface area (Å²) in [7, 11) is 0. The first kappa shape index (κ1) is 19.1. The molecule has 25 heavy (non-hydrogen) atoms. The van der Waals surface area contributed by atoms with Gasteiger partial charge in [0.2, 0.25) is 6.04 Å². The molecule has 4 atom stereocenters. The summed E-state index contributed by atoms with van der Waals surface area (Å²) in [6.07, 6.45) is -4.58. The number of carbonyl (C=O) groups excluding carboxylic acids is 1. The summed E-state index contributed by atoms with van der Waals surface area (Å²) in [5.74, 6) is -2.05. The molecule has 0 radical (unpaired) electrons. The van der Waals surface area contributed by atoms with Crippen molar-refractivity contribution in [1.29, 1.82) is 0 Å². The molecule has 1 heterocycles. The maximum absolute atomic E-state index is 11.9. The van der Waals surface area contributed by atoms with Crippen LogP contribution in [0.5, 0.6) is 0 Å². The molecule has 0 aliphatic carbocycles. The molecule has 0 spiro atoms. The lowest BCUT2D eigenvalue weighted by Crippen LogP contribution is -2.45. The van der Waals surface area contributed by atoms with Crippen LogP contribution in [0.25, 0.3) is 0 Å². The van der Waals surface area contributed by atoms with Crippen molar-refractivity contribution in [2.24, 2.45) is 0 Å². The number of carboxylic acids is 1. The van der Waals surface area contributed by atoms with Crippen LogP contribution in [0.2, 0.25) is 0 Å². The maximum atomic E-state index is 11.9. The minimum absolute atomic E-state index is 0.108. The van der Waals surface area contributed by atoms with E-state index in [1.54, 1.807) is 19.9 Å². The van der Waals surface area contributed by atoms with Crippen LogP contribution in [0.15, 0.2) is 6.07 Å². The number of aryl methyl sites for hydroxylation is 1. The fourth-order valence-electron chi connectivity index (χ4n) is 2.79. The first-order valence-corrected chi connectivity index (χ1v) is 7.75. The predicted octanol–water partition coefficient (Wildman–Crippen LogP) is -1.26. The summed E-state index contributed by atoms with van der Waals surface area (Å²) >= 11 is 0. The van der Waals surface area contributed by atoms with Crippen LogP contribution in [0, 0.1) is 13.8 Å². The molecule has 1 aromatic carbocycles. The van der Waals surface area contributed by atoms with E-state index < -0.39 is 42.8 Å². The summed E-state index contributed by atoms with van der Waals surface area (Å²) in [5, 5.41) is 52.7. The van der Waals surface area contributed by atoms with E-state index in [1.165, 1.54) is 0 Å². The molecule has 9 heteroatoms. The average Bonchev–Trinajstić information content (AvgIpc) is 2.56. The number of rotatable bonds is 6. The van der Waals surface area contributed by atoms with E-state index >= 15 is 0 Å². The van der Waals surface area contributed by atoms with Crippen LogP contribution in [-0.4, -0.2) is 68.4 Å². The molecule has 1 amide bonds. The maximum Gasteiger partial charge on any atom is 0.336 e. The van der Waals surface area contributed by atoms with E-state index in [-0.39, 0.29) is 6.42 Å². The van der Waals surface area contributed by atoms with Crippen molar-refractivity contribution < 1.29 is 35.1 Å². The molecule has 138 valence electrons. The predicted molar refractivity (Wildman–Crippen MR) is 88.4 cm³/mol. The lowest BCUT2D eigenvalue weighted by Gasteiger charge is -2.30. The highest BCUT2D eigenvalue weighted by molar-refractivity contribution is 6.14. The first-order chi connectivity index (χ1) is 11.7. The highest BCUT2D eigenvalue weighted by Gasteiger charge is 2.34. The molecular weight excluding hydrogens is 332 g/mol. The molecule has 0 bridgehead atoms. The number of aliphatic carboxylic acids is 1. The van der Waals surface area contributed by atoms with Gasteiger partial charge in [0.05, 0.1) is 24.1 Å². The van der Waals surface area contributed by atoms with Gasteiger partial charge >= 0.3 is 5.97 Å². The zero-order chi connectivity index (χ0) is 18.9. The number of carbonyl (C=O) groups is 2. The highest BCUT2D eigenvalue weighted by atomic mass is 16.4. The molecule has 0 fully saturated rings. The summed E-state index contributed by atoms with van der Waals surface area (Å²) < 4.78 is 0. The van der Waals surface area contributed by atoms with Crippen LogP contribution in [0.1, 0.15) is 16.7 Å². The summed E-state index contributed by atoms with van der Waals surface area (Å²) in [4.78, 5) is 23.1. The van der Waals surface area contributed by atoms with Crippen LogP contribution in [0.4, 0.5) is 11.4 Å². The Morgan fingerprint density at radius 2 is 1.88 bits per heavy atom. The Morgan fingerprint density at radius 3 is 2.44 bits per heavy atom. The van der Waals surface area contributed by atoms with Gasteiger partial charge in [0.15, 0.2) is 0 Å². The molecule has 1 aromatic rings. The van der Waals surface area contributed by atoms with E-state index in [0.717, 1.165) is 11.1 Å². The van der Waals surface area contributed by atoms with Gasteiger partial charge in [0, 0.05) is 6.42 Å². The number of anilines is 2. The van der Waals surface area contributed by atoms with Gasteiger partial charge in [-0.15, -0.1) is 0 Å². The third kappa shape index (κ3) is 3.74. The number of aliphatic hydroxyl groups excluding tert-OH is 4. The molecule has 1 aliphatic rings. The number of hydrogen-bond donors (Lipinski definition) is 7. The molecule has 0 saturated heterocycles. The summed E-state index contributed by atoms with van der Waals surface area (Å²) in [6.45, 7) is 2.85. The molecule has 9 nitrogen and oxygen atoms in total. The number of amides is 1. The first-order valence-electron chi connectivity index (χ1n) is 7.75. The van der Waals surface area contributed by atoms with Gasteiger partial charge < -0.3 is 36.2 Å². The number of aliphatic hydroxyl groups is 4. The smallest absolute Gasteiger partial charge is 0.336 e. The standard InChI is InChI=1S/C16H22N2O7/c1-6-3-9-12(18-13(16(24)25)15(23)17-9)8(7(6)2)4-10(20)14(22)11(21)5-19/h3,10-11,13-14,18-22H,4-5H2,1-2H3,(H,17,23)(H,24,25)/t10-,11+,13?,14-/m0/s1. The van der Waals surface area contributed by atoms with E-state index in [2.05, 4.69) is 10.6 Å². The van der Waals surface area contributed by atoms with Gasteiger partial charge in [0.1, 0.15) is 12.2 Å². The molecule has 0 saturated carbocycles. The molecule has 0 aromatic heterocycles.